The van der Waals surface area contributed by atoms with E-state index in [1.165, 1.54) is 12.8 Å². The number of nitrogens with one attached hydrogen (secondary N) is 1. The van der Waals surface area contributed by atoms with E-state index in [1.54, 1.807) is 0 Å². The minimum atomic E-state index is -0.261. The Hall–Kier alpha value is -1.14. The van der Waals surface area contributed by atoms with Crippen molar-refractivity contribution in [1.82, 2.24) is 15.3 Å². The fourth-order valence-electron chi connectivity index (χ4n) is 3.63. The van der Waals surface area contributed by atoms with Gasteiger partial charge in [0, 0.05) is 38.0 Å². The summed E-state index contributed by atoms with van der Waals surface area (Å²) >= 11 is 0. The van der Waals surface area contributed by atoms with Crippen LogP contribution in [0.15, 0.2) is 0 Å². The molecule has 2 N–H and O–H groups in total. The molecular weight excluding hydrogens is 366 g/mol. The third kappa shape index (κ3) is 11.0. The molecule has 0 aromatic rings. The molecule has 1 rings (SSSR count). The van der Waals surface area contributed by atoms with E-state index < -0.39 is 0 Å². The van der Waals surface area contributed by atoms with Crippen LogP contribution in [0.3, 0.4) is 0 Å². The molecule has 0 aliphatic carbocycles. The SMILES string of the molecule is CCCCCC(O)CCN1CCC(=O)N1CCCCCCC(=O)NC(C)(C)CC. The number of hydrogen-bond acceptors (Lipinski definition) is 4. The van der Waals surface area contributed by atoms with Crippen molar-refractivity contribution in [1.29, 1.82) is 0 Å². The summed E-state index contributed by atoms with van der Waals surface area (Å²) in [5.41, 5.74) is -0.125. The van der Waals surface area contributed by atoms with Crippen molar-refractivity contribution >= 4 is 11.8 Å². The minimum absolute atomic E-state index is 0.125. The van der Waals surface area contributed by atoms with Gasteiger partial charge in [0.2, 0.25) is 11.8 Å². The Labute approximate surface area is 178 Å². The first-order valence-electron chi connectivity index (χ1n) is 11.8. The number of aliphatic hydroxyl groups excluding tert-OH is 1. The Bertz CT molecular complexity index is 482. The zero-order valence-electron chi connectivity index (χ0n) is 19.3. The van der Waals surface area contributed by atoms with Crippen LogP contribution in [0, 0.1) is 0 Å². The number of amides is 2. The van der Waals surface area contributed by atoms with E-state index in [0.717, 1.165) is 71.0 Å². The van der Waals surface area contributed by atoms with Crippen LogP contribution < -0.4 is 5.32 Å². The monoisotopic (exact) mass is 411 g/mol. The van der Waals surface area contributed by atoms with E-state index in [2.05, 4.69) is 24.2 Å². The van der Waals surface area contributed by atoms with Gasteiger partial charge in [0.1, 0.15) is 0 Å². The van der Waals surface area contributed by atoms with Crippen molar-refractivity contribution in [3.05, 3.63) is 0 Å². The summed E-state index contributed by atoms with van der Waals surface area (Å²) in [6, 6.07) is 0. The van der Waals surface area contributed by atoms with Gasteiger partial charge < -0.3 is 10.4 Å². The molecule has 1 unspecified atom stereocenters. The second kappa shape index (κ2) is 14.0. The first-order valence-corrected chi connectivity index (χ1v) is 11.8. The molecule has 170 valence electrons. The molecule has 0 aromatic carbocycles. The number of nitrogens with zero attached hydrogens (tertiary/aromatic N) is 2. The third-order valence-corrected chi connectivity index (χ3v) is 5.96. The van der Waals surface area contributed by atoms with Crippen LogP contribution in [-0.2, 0) is 9.59 Å². The number of aliphatic hydroxyl groups is 1. The van der Waals surface area contributed by atoms with Gasteiger partial charge in [-0.25, -0.2) is 5.01 Å². The fraction of sp³-hybridized carbons (Fsp3) is 0.913. The average molecular weight is 412 g/mol. The molecule has 0 aromatic heterocycles. The van der Waals surface area contributed by atoms with Crippen molar-refractivity contribution in [3.63, 3.8) is 0 Å². The van der Waals surface area contributed by atoms with Gasteiger partial charge in [-0.15, -0.1) is 0 Å². The number of rotatable bonds is 16. The summed E-state index contributed by atoms with van der Waals surface area (Å²) in [5, 5.41) is 17.2. The Kier molecular flexibility index (Phi) is 12.5. The van der Waals surface area contributed by atoms with E-state index in [9.17, 15) is 14.7 Å². The molecule has 1 atom stereocenters. The van der Waals surface area contributed by atoms with Crippen LogP contribution >= 0.6 is 0 Å². The van der Waals surface area contributed by atoms with Gasteiger partial charge in [-0.3, -0.25) is 14.6 Å². The maximum Gasteiger partial charge on any atom is 0.238 e. The first kappa shape index (κ1) is 25.9. The lowest BCUT2D eigenvalue weighted by atomic mass is 10.0. The standard InChI is InChI=1S/C23H45N3O3/c1-5-7-10-13-20(27)15-18-25-19-16-22(29)26(25)17-12-9-8-11-14-21(28)24-23(3,4)6-2/h20,27H,5-19H2,1-4H3,(H,24,28). The molecule has 0 spiro atoms. The highest BCUT2D eigenvalue weighted by Crippen LogP contribution is 2.16. The number of carbonyl (C=O) groups excluding carboxylic acids is 2. The molecule has 0 bridgehead atoms. The van der Waals surface area contributed by atoms with Gasteiger partial charge in [-0.1, -0.05) is 46.0 Å². The molecule has 1 aliphatic heterocycles. The number of unbranched alkanes of at least 4 members (excludes halogenated alkanes) is 5. The van der Waals surface area contributed by atoms with Crippen molar-refractivity contribution < 1.29 is 14.7 Å². The number of carbonyl (C=O) groups is 2. The highest BCUT2D eigenvalue weighted by atomic mass is 16.3. The summed E-state index contributed by atoms with van der Waals surface area (Å²) in [6.45, 7) is 10.6. The van der Waals surface area contributed by atoms with Crippen molar-refractivity contribution in [3.8, 4) is 0 Å². The van der Waals surface area contributed by atoms with E-state index in [1.807, 2.05) is 18.9 Å². The lowest BCUT2D eigenvalue weighted by Crippen LogP contribution is -2.42. The van der Waals surface area contributed by atoms with Crippen LogP contribution in [0.5, 0.6) is 0 Å². The number of hydrogen-bond donors (Lipinski definition) is 2. The Morgan fingerprint density at radius 3 is 2.48 bits per heavy atom. The van der Waals surface area contributed by atoms with Crippen molar-refractivity contribution in [2.45, 2.75) is 116 Å². The average Bonchev–Trinajstić information content (AvgIpc) is 3.02. The molecule has 1 aliphatic rings. The van der Waals surface area contributed by atoms with Crippen LogP contribution in [-0.4, -0.2) is 58.2 Å². The quantitative estimate of drug-likeness (QED) is 0.376. The zero-order chi connectivity index (χ0) is 21.7. The summed E-state index contributed by atoms with van der Waals surface area (Å²) in [5.74, 6) is 0.335. The lowest BCUT2D eigenvalue weighted by molar-refractivity contribution is -0.138. The van der Waals surface area contributed by atoms with E-state index in [-0.39, 0.29) is 23.5 Å². The van der Waals surface area contributed by atoms with Crippen LogP contribution in [0.4, 0.5) is 0 Å². The molecule has 1 heterocycles. The zero-order valence-corrected chi connectivity index (χ0v) is 19.3. The van der Waals surface area contributed by atoms with Gasteiger partial charge in [0.05, 0.1) is 6.10 Å². The smallest absolute Gasteiger partial charge is 0.238 e. The van der Waals surface area contributed by atoms with Gasteiger partial charge in [0.25, 0.3) is 0 Å². The molecule has 6 nitrogen and oxygen atoms in total. The predicted octanol–water partition coefficient (Wildman–Crippen LogP) is 4.02. The molecule has 2 amide bonds. The minimum Gasteiger partial charge on any atom is -0.393 e. The summed E-state index contributed by atoms with van der Waals surface area (Å²) in [6.07, 6.45) is 10.7. The van der Waals surface area contributed by atoms with Gasteiger partial charge >= 0.3 is 0 Å². The van der Waals surface area contributed by atoms with Gasteiger partial charge in [-0.2, -0.15) is 0 Å². The first-order chi connectivity index (χ1) is 13.8. The molecular formula is C23H45N3O3. The maximum atomic E-state index is 12.2. The normalized spacial score (nSPS) is 16.4. The topological polar surface area (TPSA) is 72.9 Å². The molecule has 0 saturated carbocycles. The summed E-state index contributed by atoms with van der Waals surface area (Å²) < 4.78 is 0. The molecule has 6 heteroatoms. The van der Waals surface area contributed by atoms with Crippen LogP contribution in [0.1, 0.15) is 105 Å². The Morgan fingerprint density at radius 2 is 1.79 bits per heavy atom. The van der Waals surface area contributed by atoms with Crippen molar-refractivity contribution in [2.75, 3.05) is 19.6 Å². The van der Waals surface area contributed by atoms with Gasteiger partial charge in [0.15, 0.2) is 0 Å². The molecule has 1 fully saturated rings. The van der Waals surface area contributed by atoms with Gasteiger partial charge in [-0.05, 0) is 46.0 Å². The van der Waals surface area contributed by atoms with E-state index >= 15 is 0 Å². The highest BCUT2D eigenvalue weighted by Gasteiger charge is 2.28. The van der Waals surface area contributed by atoms with Crippen LogP contribution in [0.2, 0.25) is 0 Å². The van der Waals surface area contributed by atoms with Crippen molar-refractivity contribution in [2.24, 2.45) is 0 Å². The van der Waals surface area contributed by atoms with Crippen LogP contribution in [0.25, 0.3) is 0 Å². The molecule has 1 saturated heterocycles. The molecule has 29 heavy (non-hydrogen) atoms. The number of hydrazine groups is 1. The summed E-state index contributed by atoms with van der Waals surface area (Å²) in [7, 11) is 0. The Balaban J connectivity index is 2.18. The largest absolute Gasteiger partial charge is 0.393 e. The Morgan fingerprint density at radius 1 is 1.07 bits per heavy atom. The third-order valence-electron chi connectivity index (χ3n) is 5.96. The molecule has 0 radical (unpaired) electrons. The second-order valence-electron chi connectivity index (χ2n) is 9.11. The van der Waals surface area contributed by atoms with E-state index in [4.69, 9.17) is 0 Å². The second-order valence-corrected chi connectivity index (χ2v) is 9.11. The predicted molar refractivity (Wildman–Crippen MR) is 118 cm³/mol. The lowest BCUT2D eigenvalue weighted by Gasteiger charge is -2.28. The highest BCUT2D eigenvalue weighted by molar-refractivity contribution is 5.77. The fourth-order valence-corrected chi connectivity index (χ4v) is 3.63. The maximum absolute atomic E-state index is 12.2. The summed E-state index contributed by atoms with van der Waals surface area (Å²) in [4.78, 5) is 24.1. The van der Waals surface area contributed by atoms with E-state index in [0.29, 0.717) is 12.8 Å².